The fraction of sp³-hybridized carbons (Fsp3) is 1.00. The van der Waals surface area contributed by atoms with Crippen LogP contribution in [0.25, 0.3) is 0 Å². The van der Waals surface area contributed by atoms with E-state index in [1.54, 1.807) is 0 Å². The molecule has 0 amide bonds. The van der Waals surface area contributed by atoms with Crippen molar-refractivity contribution in [2.75, 3.05) is 13.1 Å². The molecule has 1 aliphatic carbocycles. The molecule has 0 radical (unpaired) electrons. The molecule has 0 spiro atoms. The third kappa shape index (κ3) is 4.49. The second-order valence-electron chi connectivity index (χ2n) is 5.10. The molecule has 0 aromatic heterocycles. The lowest BCUT2D eigenvalue weighted by Gasteiger charge is -2.35. The van der Waals surface area contributed by atoms with Crippen LogP contribution in [0.15, 0.2) is 0 Å². The summed E-state index contributed by atoms with van der Waals surface area (Å²) in [5.74, 6) is 0.756. The first-order valence-corrected chi connectivity index (χ1v) is 6.17. The topological polar surface area (TPSA) is 52.5 Å². The number of aliphatic hydroxyl groups excluding tert-OH is 1. The van der Waals surface area contributed by atoms with Crippen LogP contribution in [0.4, 0.5) is 0 Å². The average Bonchev–Trinajstić information content (AvgIpc) is 2.23. The third-order valence-corrected chi connectivity index (χ3v) is 3.51. The third-order valence-electron chi connectivity index (χ3n) is 3.51. The summed E-state index contributed by atoms with van der Waals surface area (Å²) in [7, 11) is 0. The van der Waals surface area contributed by atoms with Crippen molar-refractivity contribution in [3.63, 3.8) is 0 Å². The molecule has 1 rings (SSSR count). The first-order valence-electron chi connectivity index (χ1n) is 6.17. The monoisotopic (exact) mass is 215 g/mol. The molecule has 0 heterocycles. The zero-order valence-electron chi connectivity index (χ0n) is 10.00. The van der Waals surface area contributed by atoms with Crippen LogP contribution >= 0.6 is 0 Å². The first-order chi connectivity index (χ1) is 7.06. The van der Waals surface area contributed by atoms with E-state index in [1.165, 1.54) is 0 Å². The number of hydrogen-bond acceptors (Lipinski definition) is 3. The van der Waals surface area contributed by atoms with Crippen LogP contribution in [0.2, 0.25) is 0 Å². The highest BCUT2D eigenvalue weighted by Gasteiger charge is 2.31. The highest BCUT2D eigenvalue weighted by molar-refractivity contribution is 4.86. The van der Waals surface area contributed by atoms with Crippen molar-refractivity contribution in [1.82, 2.24) is 5.32 Å². The lowest BCUT2D eigenvalue weighted by atomic mass is 9.79. The van der Waals surface area contributed by atoms with E-state index in [4.69, 9.17) is 0 Å². The quantitative estimate of drug-likeness (QED) is 0.648. The Morgan fingerprint density at radius 2 is 2.00 bits per heavy atom. The van der Waals surface area contributed by atoms with Crippen LogP contribution < -0.4 is 5.32 Å². The number of aliphatic hydroxyl groups is 2. The van der Waals surface area contributed by atoms with Crippen LogP contribution in [0.1, 0.15) is 46.0 Å². The summed E-state index contributed by atoms with van der Waals surface area (Å²) < 4.78 is 0. The van der Waals surface area contributed by atoms with Crippen molar-refractivity contribution in [3.8, 4) is 0 Å². The van der Waals surface area contributed by atoms with Gasteiger partial charge in [0.1, 0.15) is 0 Å². The standard InChI is InChI=1S/C12H25NO2/c1-3-11(14)8-13-9-12(15)6-4-10(2)5-7-12/h10-11,13-15H,3-9H2,1-2H3. The summed E-state index contributed by atoms with van der Waals surface area (Å²) in [5, 5.41) is 22.8. The molecule has 1 unspecified atom stereocenters. The summed E-state index contributed by atoms with van der Waals surface area (Å²) in [4.78, 5) is 0. The van der Waals surface area contributed by atoms with Gasteiger partial charge in [-0.2, -0.15) is 0 Å². The number of nitrogens with one attached hydrogen (secondary N) is 1. The van der Waals surface area contributed by atoms with Crippen LogP contribution in [0.5, 0.6) is 0 Å². The Balaban J connectivity index is 2.19. The van der Waals surface area contributed by atoms with Crippen molar-refractivity contribution in [3.05, 3.63) is 0 Å². The fourth-order valence-corrected chi connectivity index (χ4v) is 2.09. The molecular weight excluding hydrogens is 190 g/mol. The van der Waals surface area contributed by atoms with Gasteiger partial charge in [-0.15, -0.1) is 0 Å². The summed E-state index contributed by atoms with van der Waals surface area (Å²) >= 11 is 0. The van der Waals surface area contributed by atoms with Gasteiger partial charge in [0, 0.05) is 13.1 Å². The van der Waals surface area contributed by atoms with Gasteiger partial charge in [0.25, 0.3) is 0 Å². The Kier molecular flexibility index (Phi) is 5.03. The number of hydrogen-bond donors (Lipinski definition) is 3. The Hall–Kier alpha value is -0.120. The van der Waals surface area contributed by atoms with E-state index in [1.807, 2.05) is 6.92 Å². The van der Waals surface area contributed by atoms with Crippen molar-refractivity contribution >= 4 is 0 Å². The predicted molar refractivity (Wildman–Crippen MR) is 61.7 cm³/mol. The smallest absolute Gasteiger partial charge is 0.0771 e. The van der Waals surface area contributed by atoms with Crippen molar-refractivity contribution in [1.29, 1.82) is 0 Å². The molecule has 0 saturated heterocycles. The predicted octanol–water partition coefficient (Wildman–Crippen LogP) is 1.29. The minimum atomic E-state index is -0.528. The van der Waals surface area contributed by atoms with Crippen molar-refractivity contribution < 1.29 is 10.2 Å². The molecule has 0 bridgehead atoms. The maximum absolute atomic E-state index is 10.2. The Bertz CT molecular complexity index is 176. The molecule has 3 nitrogen and oxygen atoms in total. The maximum atomic E-state index is 10.2. The largest absolute Gasteiger partial charge is 0.392 e. The van der Waals surface area contributed by atoms with Gasteiger partial charge in [-0.05, 0) is 38.0 Å². The maximum Gasteiger partial charge on any atom is 0.0771 e. The first kappa shape index (κ1) is 12.9. The van der Waals surface area contributed by atoms with Crippen LogP contribution in [-0.4, -0.2) is 35.0 Å². The summed E-state index contributed by atoms with van der Waals surface area (Å²) in [6.45, 7) is 5.42. The second-order valence-corrected chi connectivity index (χ2v) is 5.10. The molecule has 3 heteroatoms. The zero-order valence-corrected chi connectivity index (χ0v) is 10.00. The van der Waals surface area contributed by atoms with E-state index in [-0.39, 0.29) is 6.10 Å². The van der Waals surface area contributed by atoms with Crippen molar-refractivity contribution in [2.45, 2.75) is 57.7 Å². The van der Waals surface area contributed by atoms with E-state index in [0.717, 1.165) is 38.0 Å². The Morgan fingerprint density at radius 1 is 1.40 bits per heavy atom. The minimum Gasteiger partial charge on any atom is -0.392 e. The minimum absolute atomic E-state index is 0.281. The lowest BCUT2D eigenvalue weighted by Crippen LogP contribution is -2.45. The summed E-state index contributed by atoms with van der Waals surface area (Å²) in [5.41, 5.74) is -0.528. The SMILES string of the molecule is CCC(O)CNCC1(O)CCC(C)CC1. The van der Waals surface area contributed by atoms with E-state index >= 15 is 0 Å². The molecule has 0 aromatic rings. The molecule has 1 atom stereocenters. The average molecular weight is 215 g/mol. The molecule has 15 heavy (non-hydrogen) atoms. The molecular formula is C12H25NO2. The van der Waals surface area contributed by atoms with Gasteiger partial charge < -0.3 is 15.5 Å². The normalized spacial score (nSPS) is 34.0. The molecule has 90 valence electrons. The van der Waals surface area contributed by atoms with E-state index in [9.17, 15) is 10.2 Å². The van der Waals surface area contributed by atoms with Gasteiger partial charge in [0.05, 0.1) is 11.7 Å². The highest BCUT2D eigenvalue weighted by atomic mass is 16.3. The van der Waals surface area contributed by atoms with E-state index in [2.05, 4.69) is 12.2 Å². The molecule has 1 saturated carbocycles. The summed E-state index contributed by atoms with van der Waals surface area (Å²) in [6.07, 6.45) is 4.51. The molecule has 0 aromatic carbocycles. The van der Waals surface area contributed by atoms with E-state index < -0.39 is 5.60 Å². The van der Waals surface area contributed by atoms with Crippen LogP contribution in [-0.2, 0) is 0 Å². The van der Waals surface area contributed by atoms with Crippen molar-refractivity contribution in [2.24, 2.45) is 5.92 Å². The highest BCUT2D eigenvalue weighted by Crippen LogP contribution is 2.31. The van der Waals surface area contributed by atoms with Gasteiger partial charge in [-0.3, -0.25) is 0 Å². The molecule has 3 N–H and O–H groups in total. The molecule has 1 aliphatic rings. The Labute approximate surface area is 92.9 Å². The van der Waals surface area contributed by atoms with Gasteiger partial charge in [-0.1, -0.05) is 13.8 Å². The van der Waals surface area contributed by atoms with Gasteiger partial charge >= 0.3 is 0 Å². The Morgan fingerprint density at radius 3 is 2.53 bits per heavy atom. The van der Waals surface area contributed by atoms with Crippen LogP contribution in [0.3, 0.4) is 0 Å². The molecule has 1 fully saturated rings. The lowest BCUT2D eigenvalue weighted by molar-refractivity contribution is -0.00803. The van der Waals surface area contributed by atoms with Gasteiger partial charge in [0.2, 0.25) is 0 Å². The second kappa shape index (κ2) is 5.83. The molecule has 0 aliphatic heterocycles. The van der Waals surface area contributed by atoms with Crippen LogP contribution in [0, 0.1) is 5.92 Å². The fourth-order valence-electron chi connectivity index (χ4n) is 2.09. The van der Waals surface area contributed by atoms with E-state index in [0.29, 0.717) is 13.1 Å². The number of rotatable bonds is 5. The zero-order chi connectivity index (χ0) is 11.3. The van der Waals surface area contributed by atoms with Gasteiger partial charge in [0.15, 0.2) is 0 Å². The van der Waals surface area contributed by atoms with Gasteiger partial charge in [-0.25, -0.2) is 0 Å². The summed E-state index contributed by atoms with van der Waals surface area (Å²) in [6, 6.07) is 0.